The largest absolute Gasteiger partial charge is 0.434 e. The van der Waals surface area contributed by atoms with Crippen molar-refractivity contribution in [3.63, 3.8) is 0 Å². The van der Waals surface area contributed by atoms with Gasteiger partial charge in [-0.15, -0.1) is 0 Å². The Morgan fingerprint density at radius 3 is 2.80 bits per heavy atom. The van der Waals surface area contributed by atoms with Crippen LogP contribution >= 0.6 is 11.6 Å². The first-order valence-corrected chi connectivity index (χ1v) is 4.62. The van der Waals surface area contributed by atoms with Gasteiger partial charge in [-0.25, -0.2) is 0 Å². The van der Waals surface area contributed by atoms with Crippen molar-refractivity contribution in [1.29, 1.82) is 0 Å². The van der Waals surface area contributed by atoms with Crippen LogP contribution in [0.2, 0.25) is 5.02 Å². The maximum Gasteiger partial charge on any atom is 0.387 e. The second-order valence-corrected chi connectivity index (χ2v) is 3.14. The number of benzene rings is 1. The minimum Gasteiger partial charge on any atom is -0.434 e. The van der Waals surface area contributed by atoms with Crippen LogP contribution in [-0.4, -0.2) is 13.2 Å². The van der Waals surface area contributed by atoms with Gasteiger partial charge in [0.1, 0.15) is 5.75 Å². The average Bonchev–Trinajstić information content (AvgIpc) is 2.18. The van der Waals surface area contributed by atoms with Gasteiger partial charge in [-0.3, -0.25) is 0 Å². The minimum absolute atomic E-state index is 0.0825. The van der Waals surface area contributed by atoms with Crippen LogP contribution in [0.15, 0.2) is 24.3 Å². The number of rotatable bonds is 4. The number of hydrogen-bond donors (Lipinski definition) is 1. The highest BCUT2D eigenvalue weighted by molar-refractivity contribution is 6.30. The lowest BCUT2D eigenvalue weighted by Crippen LogP contribution is -2.03. The molecular weight excluding hydrogens is 224 g/mol. The van der Waals surface area contributed by atoms with Crippen molar-refractivity contribution in [2.24, 2.45) is 5.73 Å². The minimum atomic E-state index is -2.85. The monoisotopic (exact) mass is 233 g/mol. The normalized spacial score (nSPS) is 11.3. The molecule has 0 aromatic heterocycles. The first kappa shape index (κ1) is 11.9. The average molecular weight is 234 g/mol. The van der Waals surface area contributed by atoms with E-state index in [4.69, 9.17) is 17.3 Å². The second kappa shape index (κ2) is 5.68. The van der Waals surface area contributed by atoms with Gasteiger partial charge in [-0.2, -0.15) is 8.78 Å². The van der Waals surface area contributed by atoms with E-state index >= 15 is 0 Å². The van der Waals surface area contributed by atoms with Gasteiger partial charge < -0.3 is 10.5 Å². The predicted octanol–water partition coefficient (Wildman–Crippen LogP) is 2.91. The number of halogens is 3. The summed E-state index contributed by atoms with van der Waals surface area (Å²) in [5.41, 5.74) is 5.74. The summed E-state index contributed by atoms with van der Waals surface area (Å²) >= 11 is 5.72. The molecule has 0 bridgehead atoms. The number of ether oxygens (including phenoxy) is 1. The van der Waals surface area contributed by atoms with E-state index in [1.54, 1.807) is 12.2 Å². The summed E-state index contributed by atoms with van der Waals surface area (Å²) in [6, 6.07) is 4.41. The molecule has 0 aliphatic carbocycles. The molecule has 0 spiro atoms. The molecule has 2 nitrogen and oxygen atoms in total. The molecule has 0 radical (unpaired) electrons. The molecule has 0 amide bonds. The summed E-state index contributed by atoms with van der Waals surface area (Å²) in [5, 5.41) is 0.452. The molecule has 0 atom stereocenters. The molecule has 2 N–H and O–H groups in total. The van der Waals surface area contributed by atoms with Gasteiger partial charge in [0, 0.05) is 17.1 Å². The molecule has 0 fully saturated rings. The standard InChI is InChI=1S/C10H10ClF2NO/c11-8-3-4-9(15-10(12)13)7(6-8)2-1-5-14/h1-4,6,10H,5,14H2. The Labute approximate surface area is 91.3 Å². The molecule has 0 aliphatic rings. The Morgan fingerprint density at radius 1 is 1.47 bits per heavy atom. The zero-order valence-corrected chi connectivity index (χ0v) is 8.55. The first-order valence-electron chi connectivity index (χ1n) is 4.24. The van der Waals surface area contributed by atoms with E-state index in [1.807, 2.05) is 0 Å². The zero-order valence-electron chi connectivity index (χ0n) is 7.79. The molecule has 1 aromatic rings. The van der Waals surface area contributed by atoms with Crippen molar-refractivity contribution < 1.29 is 13.5 Å². The smallest absolute Gasteiger partial charge is 0.387 e. The van der Waals surface area contributed by atoms with E-state index in [0.717, 1.165) is 0 Å². The van der Waals surface area contributed by atoms with E-state index in [2.05, 4.69) is 4.74 Å². The molecule has 0 heterocycles. The lowest BCUT2D eigenvalue weighted by Gasteiger charge is -2.07. The van der Waals surface area contributed by atoms with E-state index in [-0.39, 0.29) is 5.75 Å². The third kappa shape index (κ3) is 3.85. The van der Waals surface area contributed by atoms with Gasteiger partial charge in [-0.1, -0.05) is 23.8 Å². The first-order chi connectivity index (χ1) is 7.13. The Bertz CT molecular complexity index is 355. The molecule has 5 heteroatoms. The maximum absolute atomic E-state index is 12.0. The Balaban J connectivity index is 2.97. The summed E-state index contributed by atoms with van der Waals surface area (Å²) in [4.78, 5) is 0. The van der Waals surface area contributed by atoms with Crippen molar-refractivity contribution in [3.8, 4) is 5.75 Å². The summed E-state index contributed by atoms with van der Waals surface area (Å²) in [6.07, 6.45) is 3.22. The summed E-state index contributed by atoms with van der Waals surface area (Å²) in [7, 11) is 0. The summed E-state index contributed by atoms with van der Waals surface area (Å²) < 4.78 is 28.4. The van der Waals surface area contributed by atoms with Crippen molar-refractivity contribution in [2.45, 2.75) is 6.61 Å². The predicted molar refractivity (Wildman–Crippen MR) is 56.2 cm³/mol. The van der Waals surface area contributed by atoms with Crippen LogP contribution in [0.1, 0.15) is 5.56 Å². The highest BCUT2D eigenvalue weighted by Crippen LogP contribution is 2.25. The van der Waals surface area contributed by atoms with Crippen molar-refractivity contribution in [2.75, 3.05) is 6.54 Å². The molecule has 0 unspecified atom stereocenters. The highest BCUT2D eigenvalue weighted by Gasteiger charge is 2.07. The highest BCUT2D eigenvalue weighted by atomic mass is 35.5. The van der Waals surface area contributed by atoms with E-state index in [0.29, 0.717) is 17.1 Å². The van der Waals surface area contributed by atoms with Crippen LogP contribution in [0.25, 0.3) is 6.08 Å². The molecule has 0 aliphatic heterocycles. The van der Waals surface area contributed by atoms with Crippen molar-refractivity contribution in [1.82, 2.24) is 0 Å². The van der Waals surface area contributed by atoms with Crippen LogP contribution in [0.4, 0.5) is 8.78 Å². The van der Waals surface area contributed by atoms with Crippen LogP contribution in [0.5, 0.6) is 5.75 Å². The van der Waals surface area contributed by atoms with Crippen LogP contribution in [-0.2, 0) is 0 Å². The molecule has 1 aromatic carbocycles. The molecule has 0 saturated heterocycles. The van der Waals surface area contributed by atoms with Crippen molar-refractivity contribution in [3.05, 3.63) is 34.9 Å². The fourth-order valence-corrected chi connectivity index (χ4v) is 1.23. The summed E-state index contributed by atoms with van der Waals surface area (Å²) in [6.45, 7) is -2.53. The second-order valence-electron chi connectivity index (χ2n) is 2.70. The van der Waals surface area contributed by atoms with Crippen molar-refractivity contribution >= 4 is 17.7 Å². The van der Waals surface area contributed by atoms with E-state index < -0.39 is 6.61 Å². The molecule has 1 rings (SSSR count). The van der Waals surface area contributed by atoms with Gasteiger partial charge in [0.15, 0.2) is 0 Å². The van der Waals surface area contributed by atoms with Gasteiger partial charge in [0.25, 0.3) is 0 Å². The lowest BCUT2D eigenvalue weighted by atomic mass is 10.2. The van der Waals surface area contributed by atoms with Crippen LogP contribution in [0.3, 0.4) is 0 Å². The molecule has 15 heavy (non-hydrogen) atoms. The zero-order chi connectivity index (χ0) is 11.3. The number of alkyl halides is 2. The van der Waals surface area contributed by atoms with Gasteiger partial charge in [0.05, 0.1) is 0 Å². The fourth-order valence-electron chi connectivity index (χ4n) is 1.05. The maximum atomic E-state index is 12.0. The SMILES string of the molecule is NCC=Cc1cc(Cl)ccc1OC(F)F. The van der Waals surface area contributed by atoms with E-state index in [1.165, 1.54) is 18.2 Å². The Hall–Kier alpha value is -1.13. The van der Waals surface area contributed by atoms with Gasteiger partial charge in [-0.05, 0) is 18.2 Å². The Morgan fingerprint density at radius 2 is 2.20 bits per heavy atom. The van der Waals surface area contributed by atoms with Gasteiger partial charge in [0.2, 0.25) is 0 Å². The third-order valence-corrected chi connectivity index (χ3v) is 1.86. The van der Waals surface area contributed by atoms with E-state index in [9.17, 15) is 8.78 Å². The fraction of sp³-hybridized carbons (Fsp3) is 0.200. The molecule has 82 valence electrons. The van der Waals surface area contributed by atoms with Crippen LogP contribution < -0.4 is 10.5 Å². The quantitative estimate of drug-likeness (QED) is 0.868. The summed E-state index contributed by atoms with van der Waals surface area (Å²) in [5.74, 6) is 0.0825. The Kier molecular flexibility index (Phi) is 4.52. The molecule has 0 saturated carbocycles. The topological polar surface area (TPSA) is 35.2 Å². The third-order valence-electron chi connectivity index (χ3n) is 1.62. The molecular formula is C10H10ClF2NO. The van der Waals surface area contributed by atoms with Crippen LogP contribution in [0, 0.1) is 0 Å². The number of hydrogen-bond acceptors (Lipinski definition) is 2. The van der Waals surface area contributed by atoms with Gasteiger partial charge >= 0.3 is 6.61 Å². The lowest BCUT2D eigenvalue weighted by molar-refractivity contribution is -0.0499. The number of nitrogens with two attached hydrogens (primary N) is 1.